The van der Waals surface area contributed by atoms with E-state index in [2.05, 4.69) is 30.7 Å². The van der Waals surface area contributed by atoms with Gasteiger partial charge in [-0.25, -0.2) is 0 Å². The van der Waals surface area contributed by atoms with E-state index in [1.807, 2.05) is 0 Å². The van der Waals surface area contributed by atoms with Crippen LogP contribution in [-0.4, -0.2) is 100 Å². The maximum Gasteiger partial charge on any atom is 0.296 e. The Bertz CT molecular complexity index is 4800. The van der Waals surface area contributed by atoms with E-state index in [9.17, 15) is 79.5 Å². The van der Waals surface area contributed by atoms with Crippen LogP contribution in [0, 0.1) is 13.8 Å². The summed E-state index contributed by atoms with van der Waals surface area (Å²) in [4.78, 5) is -2.44. The molecule has 0 atom stereocenters. The van der Waals surface area contributed by atoms with Gasteiger partial charge in [-0.05, 0) is 132 Å². The molecule has 0 bridgehead atoms. The van der Waals surface area contributed by atoms with Gasteiger partial charge in [0.25, 0.3) is 60.7 Å². The van der Waals surface area contributed by atoms with Crippen molar-refractivity contribution >= 4 is 127 Å². The highest BCUT2D eigenvalue weighted by Crippen LogP contribution is 2.41. The van der Waals surface area contributed by atoms with Gasteiger partial charge in [0.05, 0.1) is 21.8 Å². The number of methoxy groups -OCH3 is 1. The van der Waals surface area contributed by atoms with Crippen LogP contribution in [0.3, 0.4) is 0 Å². The van der Waals surface area contributed by atoms with Crippen molar-refractivity contribution in [1.29, 1.82) is 0 Å². The van der Waals surface area contributed by atoms with Gasteiger partial charge in [-0.15, -0.1) is 30.7 Å². The molecule has 34 heteroatoms. The van der Waals surface area contributed by atoms with E-state index in [0.29, 0.717) is 43.4 Å². The minimum Gasteiger partial charge on any atom is -0.506 e. The van der Waals surface area contributed by atoms with Crippen molar-refractivity contribution in [3.05, 3.63) is 157 Å². The molecular formula is C51H42N6O22S6. The fourth-order valence-electron chi connectivity index (χ4n) is 7.68. The second kappa shape index (κ2) is 24.4. The normalized spacial score (nSPS) is 12.6. The van der Waals surface area contributed by atoms with Crippen LogP contribution in [-0.2, 0) is 60.7 Å². The van der Waals surface area contributed by atoms with Crippen molar-refractivity contribution in [1.82, 2.24) is 0 Å². The molecule has 0 heterocycles. The summed E-state index contributed by atoms with van der Waals surface area (Å²) in [6, 6.07) is 30.9. The van der Waals surface area contributed by atoms with Crippen molar-refractivity contribution in [2.75, 3.05) is 7.11 Å². The lowest BCUT2D eigenvalue weighted by atomic mass is 10.1. The lowest BCUT2D eigenvalue weighted by molar-refractivity contribution is 0.412. The highest BCUT2D eigenvalue weighted by Gasteiger charge is 2.21. The summed E-state index contributed by atoms with van der Waals surface area (Å²) < 4.78 is 198. The first-order valence-electron chi connectivity index (χ1n) is 23.2. The number of rotatable bonds is 13. The van der Waals surface area contributed by atoms with Crippen LogP contribution in [0.15, 0.2) is 206 Å². The first-order valence-corrected chi connectivity index (χ1v) is 31.8. The van der Waals surface area contributed by atoms with Crippen LogP contribution >= 0.6 is 0 Å². The number of aryl methyl sites for hydroxylation is 2. The predicted molar refractivity (Wildman–Crippen MR) is 304 cm³/mol. The van der Waals surface area contributed by atoms with E-state index in [-0.39, 0.29) is 71.8 Å². The summed E-state index contributed by atoms with van der Waals surface area (Å²) in [7, 11) is -25.7. The predicted octanol–water partition coefficient (Wildman–Crippen LogP) is 11.0. The van der Waals surface area contributed by atoms with E-state index < -0.39 is 75.4 Å². The van der Waals surface area contributed by atoms with Crippen LogP contribution < -0.4 is 4.74 Å². The number of benzene rings is 9. The Balaban J connectivity index is 0.000000183. The second-order valence-electron chi connectivity index (χ2n) is 17.7. The van der Waals surface area contributed by atoms with Crippen LogP contribution in [0.1, 0.15) is 11.1 Å². The molecular weight excluding hydrogens is 1240 g/mol. The molecule has 0 spiro atoms. The minimum absolute atomic E-state index is 0.0405. The summed E-state index contributed by atoms with van der Waals surface area (Å²) in [5.74, 6) is -0.696. The Labute approximate surface area is 482 Å². The molecule has 0 aromatic heterocycles. The molecule has 0 fully saturated rings. The average Bonchev–Trinajstić information content (AvgIpc) is 3.63. The molecule has 28 nitrogen and oxygen atoms in total. The second-order valence-corrected chi connectivity index (χ2v) is 26.1. The third kappa shape index (κ3) is 15.5. The minimum atomic E-state index is -4.64. The molecule has 9 aromatic rings. The molecule has 0 saturated carbocycles. The number of nitrogens with zero attached hydrogens (tertiary/aromatic N) is 6. The van der Waals surface area contributed by atoms with Gasteiger partial charge in [-0.3, -0.25) is 27.3 Å². The highest BCUT2D eigenvalue weighted by molar-refractivity contribution is 7.87. The Morgan fingerprint density at radius 1 is 0.318 bits per heavy atom. The topological polar surface area (TPSA) is 470 Å². The first kappa shape index (κ1) is 63.8. The van der Waals surface area contributed by atoms with Gasteiger partial charge in [0, 0.05) is 22.2 Å². The molecule has 444 valence electrons. The van der Waals surface area contributed by atoms with Gasteiger partial charge in [0.2, 0.25) is 0 Å². The van der Waals surface area contributed by atoms with Crippen molar-refractivity contribution < 1.29 is 97.9 Å². The number of phenols is 3. The van der Waals surface area contributed by atoms with Gasteiger partial charge in [0.1, 0.15) is 71.8 Å². The molecule has 9 rings (SSSR count). The molecule has 0 saturated heterocycles. The molecule has 0 aliphatic heterocycles. The standard InChI is InChI=1S/C17H14N2O8S2.2C17H14N2O7S2/c1-27-11-3-6-14(16(9-11)29(24,25)26)18-19-17-13-5-4-12(28(21,22)23)8-10(13)2-7-15(17)20;2*1-10-2-6-14(16(8-10)28(24,25)26)18-19-17-13-5-4-12(27(21,22)23)9-11(13)3-7-15(17)20/h2-9,20H,1H3,(H,21,22,23)(H,24,25,26);2*2-9,20H,1H3,(H,21,22,23)(H,24,25,26). The Morgan fingerprint density at radius 3 is 0.871 bits per heavy atom. The monoisotopic (exact) mass is 1280 g/mol. The zero-order valence-corrected chi connectivity index (χ0v) is 48.2. The van der Waals surface area contributed by atoms with E-state index in [0.717, 1.165) is 24.3 Å². The number of aromatic hydroxyl groups is 3. The number of phenolic OH excluding ortho intramolecular Hbond substituents is 3. The van der Waals surface area contributed by atoms with Gasteiger partial charge < -0.3 is 20.1 Å². The summed E-state index contributed by atoms with van der Waals surface area (Å²) >= 11 is 0. The molecule has 0 aliphatic rings. The largest absolute Gasteiger partial charge is 0.506 e. The van der Waals surface area contributed by atoms with Gasteiger partial charge in [-0.1, -0.05) is 48.5 Å². The smallest absolute Gasteiger partial charge is 0.296 e. The fraction of sp³-hybridized carbons (Fsp3) is 0.0588. The van der Waals surface area contributed by atoms with E-state index in [4.69, 9.17) is 18.4 Å². The third-order valence-corrected chi connectivity index (χ3v) is 16.9. The molecule has 0 unspecified atom stereocenters. The lowest BCUT2D eigenvalue weighted by Gasteiger charge is -2.07. The van der Waals surface area contributed by atoms with Gasteiger partial charge in [-0.2, -0.15) is 50.5 Å². The third-order valence-electron chi connectivity index (χ3n) is 11.7. The van der Waals surface area contributed by atoms with Crippen molar-refractivity contribution in [2.24, 2.45) is 30.7 Å². The number of ether oxygens (including phenoxy) is 1. The SMILES string of the molecule is COc1ccc(N=Nc2c(O)ccc3cc(S(=O)(=O)O)ccc23)c(S(=O)(=O)O)c1.Cc1ccc(N=Nc2c(O)ccc3cc(S(=O)(=O)O)ccc23)c(S(=O)(=O)O)c1.Cc1ccc(N=Nc2c(O)ccc3cc(S(=O)(=O)O)ccc23)c(S(=O)(=O)O)c1. The maximum absolute atomic E-state index is 11.6. The van der Waals surface area contributed by atoms with Crippen LogP contribution in [0.2, 0.25) is 0 Å². The summed E-state index contributed by atoms with van der Waals surface area (Å²) in [6.07, 6.45) is 0. The maximum atomic E-state index is 11.6. The van der Waals surface area contributed by atoms with Gasteiger partial charge >= 0.3 is 0 Å². The van der Waals surface area contributed by atoms with Crippen LogP contribution in [0.4, 0.5) is 34.1 Å². The highest BCUT2D eigenvalue weighted by atomic mass is 32.2. The van der Waals surface area contributed by atoms with Crippen molar-refractivity contribution in [2.45, 2.75) is 43.2 Å². The average molecular weight is 1280 g/mol. The molecule has 0 amide bonds. The lowest BCUT2D eigenvalue weighted by Crippen LogP contribution is -1.99. The first-order chi connectivity index (χ1) is 39.4. The van der Waals surface area contributed by atoms with Crippen molar-refractivity contribution in [3.63, 3.8) is 0 Å². The number of hydrogen-bond acceptors (Lipinski definition) is 22. The van der Waals surface area contributed by atoms with E-state index in [1.54, 1.807) is 26.0 Å². The molecule has 0 radical (unpaired) electrons. The zero-order chi connectivity index (χ0) is 62.8. The quantitative estimate of drug-likeness (QED) is 0.0382. The molecule has 0 aliphatic carbocycles. The fourth-order valence-corrected chi connectivity index (χ4v) is 11.3. The van der Waals surface area contributed by atoms with Crippen LogP contribution in [0.25, 0.3) is 32.3 Å². The summed E-state index contributed by atoms with van der Waals surface area (Å²) in [6.45, 7) is 3.28. The molecule has 9 aromatic carbocycles. The van der Waals surface area contributed by atoms with Crippen molar-refractivity contribution in [3.8, 4) is 23.0 Å². The Hall–Kier alpha value is -8.78. The summed E-state index contributed by atoms with van der Waals surface area (Å²) in [5, 5.41) is 55.4. The summed E-state index contributed by atoms with van der Waals surface area (Å²) in [5.41, 5.74) is 0.524. The number of azo groups is 3. The van der Waals surface area contributed by atoms with Crippen LogP contribution in [0.5, 0.6) is 23.0 Å². The number of hydrogen-bond donors (Lipinski definition) is 9. The Morgan fingerprint density at radius 2 is 0.600 bits per heavy atom. The Kier molecular flexibility index (Phi) is 18.3. The van der Waals surface area contributed by atoms with E-state index in [1.165, 1.54) is 116 Å². The molecule has 9 N–H and O–H groups in total. The number of fused-ring (bicyclic) bond motifs is 3. The van der Waals surface area contributed by atoms with Gasteiger partial charge in [0.15, 0.2) is 0 Å². The zero-order valence-electron chi connectivity index (χ0n) is 43.3. The van der Waals surface area contributed by atoms with E-state index >= 15 is 0 Å². The molecule has 85 heavy (non-hydrogen) atoms.